The van der Waals surface area contributed by atoms with Gasteiger partial charge in [-0.15, -0.1) is 0 Å². The molecular weight excluding hydrogens is 268 g/mol. The standard InChI is InChI=1S/C15H20N4S/c1-3-8-17-13(4-2)14-6-5-12(10-18-14)20-15-7-9-16-11-19-15/h5-7,9-11,13,17H,3-4,8H2,1-2H3. The van der Waals surface area contributed by atoms with Crippen LogP contribution in [0.15, 0.2) is 46.8 Å². The molecule has 0 saturated heterocycles. The first-order valence-electron chi connectivity index (χ1n) is 6.96. The lowest BCUT2D eigenvalue weighted by Gasteiger charge is -2.16. The second-order valence-electron chi connectivity index (χ2n) is 4.48. The molecule has 0 radical (unpaired) electrons. The Balaban J connectivity index is 2.02. The Bertz CT molecular complexity index is 501. The Morgan fingerprint density at radius 1 is 1.20 bits per heavy atom. The van der Waals surface area contributed by atoms with E-state index in [9.17, 15) is 0 Å². The van der Waals surface area contributed by atoms with Crippen LogP contribution < -0.4 is 5.32 Å². The van der Waals surface area contributed by atoms with Crippen LogP contribution in [0, 0.1) is 0 Å². The van der Waals surface area contributed by atoms with Crippen molar-refractivity contribution in [3.05, 3.63) is 42.6 Å². The van der Waals surface area contributed by atoms with Crippen molar-refractivity contribution in [1.29, 1.82) is 0 Å². The summed E-state index contributed by atoms with van der Waals surface area (Å²) in [7, 11) is 0. The predicted molar refractivity (Wildman–Crippen MR) is 81.7 cm³/mol. The highest BCUT2D eigenvalue weighted by atomic mass is 32.2. The van der Waals surface area contributed by atoms with E-state index in [2.05, 4.69) is 46.2 Å². The summed E-state index contributed by atoms with van der Waals surface area (Å²) in [6.45, 7) is 5.38. The average Bonchev–Trinajstić information content (AvgIpc) is 2.50. The predicted octanol–water partition coefficient (Wildman–Crippen LogP) is 3.47. The average molecular weight is 288 g/mol. The maximum Gasteiger partial charge on any atom is 0.116 e. The highest BCUT2D eigenvalue weighted by molar-refractivity contribution is 7.99. The summed E-state index contributed by atoms with van der Waals surface area (Å²) < 4.78 is 0. The molecule has 1 atom stereocenters. The Kier molecular flexibility index (Phi) is 5.95. The Labute approximate surface area is 124 Å². The SMILES string of the molecule is CCCNC(CC)c1ccc(Sc2ccncn2)cn1. The Hall–Kier alpha value is -1.46. The molecule has 106 valence electrons. The molecule has 5 heteroatoms. The van der Waals surface area contributed by atoms with E-state index in [1.54, 1.807) is 24.3 Å². The van der Waals surface area contributed by atoms with Crippen LogP contribution in [0.3, 0.4) is 0 Å². The topological polar surface area (TPSA) is 50.7 Å². The normalized spacial score (nSPS) is 12.3. The summed E-state index contributed by atoms with van der Waals surface area (Å²) in [4.78, 5) is 13.8. The van der Waals surface area contributed by atoms with Crippen LogP contribution in [0.1, 0.15) is 38.4 Å². The molecule has 0 amide bonds. The van der Waals surface area contributed by atoms with Gasteiger partial charge in [-0.05, 0) is 37.6 Å². The number of pyridine rings is 1. The van der Waals surface area contributed by atoms with Crippen molar-refractivity contribution in [3.63, 3.8) is 0 Å². The zero-order valence-corrected chi connectivity index (χ0v) is 12.7. The summed E-state index contributed by atoms with van der Waals surface area (Å²) in [5.41, 5.74) is 1.10. The fourth-order valence-corrected chi connectivity index (χ4v) is 2.61. The van der Waals surface area contributed by atoms with Crippen molar-refractivity contribution in [2.75, 3.05) is 6.54 Å². The summed E-state index contributed by atoms with van der Waals surface area (Å²) in [6, 6.07) is 6.44. The fourth-order valence-electron chi connectivity index (χ4n) is 1.89. The van der Waals surface area contributed by atoms with Crippen molar-refractivity contribution in [3.8, 4) is 0 Å². The zero-order chi connectivity index (χ0) is 14.2. The van der Waals surface area contributed by atoms with Gasteiger partial charge in [0.2, 0.25) is 0 Å². The van der Waals surface area contributed by atoms with Gasteiger partial charge in [0.15, 0.2) is 0 Å². The second-order valence-corrected chi connectivity index (χ2v) is 5.58. The number of nitrogens with one attached hydrogen (secondary N) is 1. The van der Waals surface area contributed by atoms with Gasteiger partial charge < -0.3 is 5.32 Å². The van der Waals surface area contributed by atoms with Crippen molar-refractivity contribution in [2.45, 2.75) is 42.7 Å². The number of nitrogens with zero attached hydrogens (tertiary/aromatic N) is 3. The van der Waals surface area contributed by atoms with Gasteiger partial charge in [-0.2, -0.15) is 0 Å². The molecule has 2 heterocycles. The van der Waals surface area contributed by atoms with Crippen LogP contribution in [-0.2, 0) is 0 Å². The number of rotatable bonds is 7. The highest BCUT2D eigenvalue weighted by Gasteiger charge is 2.09. The van der Waals surface area contributed by atoms with Crippen LogP contribution in [-0.4, -0.2) is 21.5 Å². The van der Waals surface area contributed by atoms with Crippen LogP contribution in [0.5, 0.6) is 0 Å². The van der Waals surface area contributed by atoms with Crippen molar-refractivity contribution in [1.82, 2.24) is 20.3 Å². The van der Waals surface area contributed by atoms with Crippen LogP contribution >= 0.6 is 11.8 Å². The van der Waals surface area contributed by atoms with Gasteiger partial charge in [0, 0.05) is 23.3 Å². The molecule has 0 aliphatic heterocycles. The summed E-state index contributed by atoms with van der Waals surface area (Å²) in [5.74, 6) is 0. The zero-order valence-electron chi connectivity index (χ0n) is 11.9. The molecule has 0 spiro atoms. The largest absolute Gasteiger partial charge is 0.309 e. The van der Waals surface area contributed by atoms with E-state index < -0.39 is 0 Å². The number of hydrogen-bond donors (Lipinski definition) is 1. The van der Waals surface area contributed by atoms with E-state index in [0.717, 1.165) is 35.0 Å². The van der Waals surface area contributed by atoms with E-state index in [1.807, 2.05) is 12.3 Å². The molecule has 1 N–H and O–H groups in total. The molecular formula is C15H20N4S. The lowest BCUT2D eigenvalue weighted by molar-refractivity contribution is 0.507. The molecule has 1 unspecified atom stereocenters. The molecule has 2 aromatic heterocycles. The molecule has 0 aliphatic rings. The summed E-state index contributed by atoms with van der Waals surface area (Å²) in [5, 5.41) is 4.45. The first kappa shape index (κ1) is 14.9. The van der Waals surface area contributed by atoms with Gasteiger partial charge in [0.1, 0.15) is 11.4 Å². The maximum atomic E-state index is 4.57. The quantitative estimate of drug-likeness (QED) is 0.791. The number of aromatic nitrogens is 3. The van der Waals surface area contributed by atoms with Crippen LogP contribution in [0.2, 0.25) is 0 Å². The third-order valence-corrected chi connectivity index (χ3v) is 3.87. The molecule has 4 nitrogen and oxygen atoms in total. The minimum Gasteiger partial charge on any atom is -0.309 e. The van der Waals surface area contributed by atoms with E-state index in [4.69, 9.17) is 0 Å². The Morgan fingerprint density at radius 3 is 2.70 bits per heavy atom. The van der Waals surface area contributed by atoms with Crippen LogP contribution in [0.25, 0.3) is 0 Å². The molecule has 2 rings (SSSR count). The summed E-state index contributed by atoms with van der Waals surface area (Å²) >= 11 is 1.60. The number of hydrogen-bond acceptors (Lipinski definition) is 5. The van der Waals surface area contributed by atoms with Gasteiger partial charge >= 0.3 is 0 Å². The van der Waals surface area contributed by atoms with E-state index in [0.29, 0.717) is 6.04 Å². The molecule has 0 aliphatic carbocycles. The highest BCUT2D eigenvalue weighted by Crippen LogP contribution is 2.25. The van der Waals surface area contributed by atoms with E-state index >= 15 is 0 Å². The van der Waals surface area contributed by atoms with E-state index in [-0.39, 0.29) is 0 Å². The minimum atomic E-state index is 0.341. The summed E-state index contributed by atoms with van der Waals surface area (Å²) in [6.07, 6.45) is 7.41. The molecule has 20 heavy (non-hydrogen) atoms. The minimum absolute atomic E-state index is 0.341. The molecule has 0 bridgehead atoms. The van der Waals surface area contributed by atoms with Crippen molar-refractivity contribution in [2.24, 2.45) is 0 Å². The smallest absolute Gasteiger partial charge is 0.116 e. The lowest BCUT2D eigenvalue weighted by atomic mass is 10.1. The van der Waals surface area contributed by atoms with Crippen molar-refractivity contribution < 1.29 is 0 Å². The molecule has 2 aromatic rings. The van der Waals surface area contributed by atoms with Crippen LogP contribution in [0.4, 0.5) is 0 Å². The first-order chi connectivity index (χ1) is 9.83. The van der Waals surface area contributed by atoms with Gasteiger partial charge in [-0.1, -0.05) is 25.6 Å². The molecule has 0 aromatic carbocycles. The lowest BCUT2D eigenvalue weighted by Crippen LogP contribution is -2.22. The monoisotopic (exact) mass is 288 g/mol. The Morgan fingerprint density at radius 2 is 2.10 bits per heavy atom. The van der Waals surface area contributed by atoms with Gasteiger partial charge in [-0.25, -0.2) is 9.97 Å². The first-order valence-corrected chi connectivity index (χ1v) is 7.78. The van der Waals surface area contributed by atoms with Crippen molar-refractivity contribution >= 4 is 11.8 Å². The molecule has 0 saturated carbocycles. The van der Waals surface area contributed by atoms with Gasteiger partial charge in [-0.3, -0.25) is 4.98 Å². The van der Waals surface area contributed by atoms with Gasteiger partial charge in [0.05, 0.1) is 5.69 Å². The van der Waals surface area contributed by atoms with Gasteiger partial charge in [0.25, 0.3) is 0 Å². The third-order valence-electron chi connectivity index (χ3n) is 2.94. The second kappa shape index (κ2) is 7.97. The van der Waals surface area contributed by atoms with E-state index in [1.165, 1.54) is 0 Å². The molecule has 0 fully saturated rings. The fraction of sp³-hybridized carbons (Fsp3) is 0.400. The third kappa shape index (κ3) is 4.28. The maximum absolute atomic E-state index is 4.57.